The van der Waals surface area contributed by atoms with E-state index >= 15 is 0 Å². The molecule has 2 fully saturated rings. The van der Waals surface area contributed by atoms with Crippen molar-refractivity contribution < 1.29 is 13.2 Å². The number of nitrogens with zero attached hydrogens (tertiary/aromatic N) is 3. The predicted molar refractivity (Wildman–Crippen MR) is 142 cm³/mol. The highest BCUT2D eigenvalue weighted by Crippen LogP contribution is 2.29. The van der Waals surface area contributed by atoms with Gasteiger partial charge in [-0.15, -0.1) is 0 Å². The minimum Gasteiger partial charge on any atom is -0.336 e. The third kappa shape index (κ3) is 5.53. The summed E-state index contributed by atoms with van der Waals surface area (Å²) in [6.45, 7) is 4.10. The molecule has 7 heteroatoms. The second-order valence-corrected chi connectivity index (χ2v) is 11.6. The lowest BCUT2D eigenvalue weighted by atomic mass is 9.96. The molecule has 2 heterocycles. The van der Waals surface area contributed by atoms with Gasteiger partial charge in [-0.05, 0) is 41.7 Å². The van der Waals surface area contributed by atoms with Crippen LogP contribution in [-0.4, -0.2) is 67.7 Å². The SMILES string of the molecule is O=C(c1ccc(CS(=O)(=O)N2CCCC2)cc1)N1CCN(C(c2ccccc2)c2ccccc2)CC1. The van der Waals surface area contributed by atoms with Gasteiger partial charge in [-0.1, -0.05) is 72.8 Å². The first-order valence-corrected chi connectivity index (χ1v) is 14.3. The summed E-state index contributed by atoms with van der Waals surface area (Å²) < 4.78 is 26.8. The van der Waals surface area contributed by atoms with Crippen LogP contribution < -0.4 is 0 Å². The van der Waals surface area contributed by atoms with E-state index in [2.05, 4.69) is 53.4 Å². The topological polar surface area (TPSA) is 60.9 Å². The van der Waals surface area contributed by atoms with Crippen LogP contribution in [0.3, 0.4) is 0 Å². The molecule has 5 rings (SSSR count). The van der Waals surface area contributed by atoms with Gasteiger partial charge in [0.15, 0.2) is 0 Å². The van der Waals surface area contributed by atoms with Crippen molar-refractivity contribution in [2.75, 3.05) is 39.3 Å². The zero-order valence-electron chi connectivity index (χ0n) is 20.5. The molecular weight excluding hydrogens is 470 g/mol. The summed E-state index contributed by atoms with van der Waals surface area (Å²) in [7, 11) is -3.29. The minimum absolute atomic E-state index is 0.000396. The maximum Gasteiger partial charge on any atom is 0.253 e. The van der Waals surface area contributed by atoms with Crippen LogP contribution >= 0.6 is 0 Å². The number of hydrogen-bond acceptors (Lipinski definition) is 4. The highest BCUT2D eigenvalue weighted by molar-refractivity contribution is 7.88. The molecule has 0 N–H and O–H groups in total. The monoisotopic (exact) mass is 503 g/mol. The number of carbonyl (C=O) groups is 1. The Labute approximate surface area is 214 Å². The summed E-state index contributed by atoms with van der Waals surface area (Å²) in [5.41, 5.74) is 3.83. The van der Waals surface area contributed by atoms with Gasteiger partial charge in [-0.25, -0.2) is 12.7 Å². The smallest absolute Gasteiger partial charge is 0.253 e. The quantitative estimate of drug-likeness (QED) is 0.486. The average Bonchev–Trinajstić information content (AvgIpc) is 3.47. The van der Waals surface area contributed by atoms with E-state index in [1.54, 1.807) is 28.6 Å². The molecule has 2 aliphatic heterocycles. The summed E-state index contributed by atoms with van der Waals surface area (Å²) in [6, 6.07) is 28.3. The van der Waals surface area contributed by atoms with E-state index in [1.807, 2.05) is 17.0 Å². The molecule has 0 spiro atoms. The molecule has 0 aliphatic carbocycles. The van der Waals surface area contributed by atoms with E-state index in [4.69, 9.17) is 0 Å². The molecule has 3 aromatic rings. The first-order chi connectivity index (χ1) is 17.5. The molecule has 2 aliphatic rings. The summed E-state index contributed by atoms with van der Waals surface area (Å²) in [5, 5.41) is 0. The highest BCUT2D eigenvalue weighted by Gasteiger charge is 2.29. The van der Waals surface area contributed by atoms with E-state index in [0.717, 1.165) is 31.5 Å². The van der Waals surface area contributed by atoms with Gasteiger partial charge < -0.3 is 4.90 Å². The van der Waals surface area contributed by atoms with Gasteiger partial charge in [0.1, 0.15) is 0 Å². The fourth-order valence-corrected chi connectivity index (χ4v) is 6.87. The number of amides is 1. The molecule has 0 saturated carbocycles. The van der Waals surface area contributed by atoms with E-state index in [1.165, 1.54) is 11.1 Å². The van der Waals surface area contributed by atoms with Gasteiger partial charge in [0, 0.05) is 44.8 Å². The maximum atomic E-state index is 13.2. The summed E-state index contributed by atoms with van der Waals surface area (Å²) in [6.07, 6.45) is 1.86. The Bertz CT molecular complexity index is 1210. The van der Waals surface area contributed by atoms with Gasteiger partial charge in [-0.3, -0.25) is 9.69 Å². The number of sulfonamides is 1. The molecule has 0 bridgehead atoms. The third-order valence-electron chi connectivity index (χ3n) is 7.21. The summed E-state index contributed by atoms with van der Waals surface area (Å²) in [5.74, 6) is -0.0138. The molecule has 0 atom stereocenters. The first-order valence-electron chi connectivity index (χ1n) is 12.7. The zero-order chi connectivity index (χ0) is 25.0. The van der Waals surface area contributed by atoms with Crippen molar-refractivity contribution in [2.45, 2.75) is 24.6 Å². The molecule has 2 saturated heterocycles. The standard InChI is InChI=1S/C29H33N3O3S/c33-29(27-15-13-24(14-16-27)23-36(34,35)32-17-7-8-18-32)31-21-19-30(20-22-31)28(25-9-3-1-4-10-25)26-11-5-2-6-12-26/h1-6,9-16,28H,7-8,17-23H2. The fraction of sp³-hybridized carbons (Fsp3) is 0.345. The Morgan fingerprint density at radius 1 is 0.694 bits per heavy atom. The van der Waals surface area contributed by atoms with Crippen molar-refractivity contribution in [1.29, 1.82) is 0 Å². The summed E-state index contributed by atoms with van der Waals surface area (Å²) >= 11 is 0. The van der Waals surface area contributed by atoms with E-state index < -0.39 is 10.0 Å². The molecule has 6 nitrogen and oxygen atoms in total. The Kier molecular flexibility index (Phi) is 7.51. The Morgan fingerprint density at radius 3 is 1.75 bits per heavy atom. The average molecular weight is 504 g/mol. The maximum absolute atomic E-state index is 13.2. The lowest BCUT2D eigenvalue weighted by Crippen LogP contribution is -2.49. The van der Waals surface area contributed by atoms with Crippen molar-refractivity contribution >= 4 is 15.9 Å². The number of hydrogen-bond donors (Lipinski definition) is 0. The molecule has 36 heavy (non-hydrogen) atoms. The van der Waals surface area contributed by atoms with Crippen molar-refractivity contribution in [1.82, 2.24) is 14.1 Å². The number of rotatable bonds is 7. The van der Waals surface area contributed by atoms with Crippen molar-refractivity contribution in [3.05, 3.63) is 107 Å². The molecule has 3 aromatic carbocycles. The minimum atomic E-state index is -3.29. The third-order valence-corrected chi connectivity index (χ3v) is 9.06. The molecule has 0 aromatic heterocycles. The normalized spacial score (nSPS) is 17.5. The van der Waals surface area contributed by atoms with Crippen molar-refractivity contribution in [3.63, 3.8) is 0 Å². The van der Waals surface area contributed by atoms with Crippen molar-refractivity contribution in [2.24, 2.45) is 0 Å². The van der Waals surface area contributed by atoms with Gasteiger partial charge in [0.25, 0.3) is 5.91 Å². The zero-order valence-corrected chi connectivity index (χ0v) is 21.3. The summed E-state index contributed by atoms with van der Waals surface area (Å²) in [4.78, 5) is 17.6. The second kappa shape index (κ2) is 10.9. The van der Waals surface area contributed by atoms with Crippen molar-refractivity contribution in [3.8, 4) is 0 Å². The Morgan fingerprint density at radius 2 is 1.22 bits per heavy atom. The van der Waals surface area contributed by atoms with E-state index in [9.17, 15) is 13.2 Å². The highest BCUT2D eigenvalue weighted by atomic mass is 32.2. The lowest BCUT2D eigenvalue weighted by molar-refractivity contribution is 0.0597. The van der Waals surface area contributed by atoms with Crippen LogP contribution in [0.2, 0.25) is 0 Å². The van der Waals surface area contributed by atoms with Gasteiger partial charge in [-0.2, -0.15) is 0 Å². The van der Waals surface area contributed by atoms with Gasteiger partial charge >= 0.3 is 0 Å². The lowest BCUT2D eigenvalue weighted by Gasteiger charge is -2.39. The first kappa shape index (κ1) is 24.7. The van der Waals surface area contributed by atoms with Gasteiger partial charge in [0.2, 0.25) is 10.0 Å². The van der Waals surface area contributed by atoms with Crippen LogP contribution in [0.25, 0.3) is 0 Å². The molecule has 1 amide bonds. The predicted octanol–water partition coefficient (Wildman–Crippen LogP) is 4.16. The Hall–Kier alpha value is -3.00. The number of carbonyl (C=O) groups excluding carboxylic acids is 1. The van der Waals surface area contributed by atoms with Gasteiger partial charge in [0.05, 0.1) is 11.8 Å². The van der Waals surface area contributed by atoms with Crippen LogP contribution in [0, 0.1) is 0 Å². The number of piperazine rings is 1. The molecule has 0 radical (unpaired) electrons. The second-order valence-electron chi connectivity index (χ2n) is 9.61. The largest absolute Gasteiger partial charge is 0.336 e. The van der Waals surface area contributed by atoms with Crippen LogP contribution in [0.5, 0.6) is 0 Å². The molecular formula is C29H33N3O3S. The molecule has 188 valence electrons. The van der Waals surface area contributed by atoms with Crippen LogP contribution in [0.1, 0.15) is 45.9 Å². The van der Waals surface area contributed by atoms with Crippen LogP contribution in [0.4, 0.5) is 0 Å². The molecule has 0 unspecified atom stereocenters. The Balaban J connectivity index is 1.23. The number of benzene rings is 3. The van der Waals surface area contributed by atoms with Crippen LogP contribution in [-0.2, 0) is 15.8 Å². The van der Waals surface area contributed by atoms with E-state index in [0.29, 0.717) is 31.7 Å². The van der Waals surface area contributed by atoms with Crippen LogP contribution in [0.15, 0.2) is 84.9 Å². The van der Waals surface area contributed by atoms with E-state index in [-0.39, 0.29) is 17.7 Å². The fourth-order valence-electron chi connectivity index (χ4n) is 5.26.